The number of aryl methyl sites for hydroxylation is 2. The zero-order valence-corrected chi connectivity index (χ0v) is 19.1. The molecule has 1 N–H and O–H groups in total. The molecule has 160 valence electrons. The number of amides is 2. The van der Waals surface area contributed by atoms with Gasteiger partial charge in [-0.3, -0.25) is 14.9 Å². The highest BCUT2D eigenvalue weighted by molar-refractivity contribution is 7.99. The fraction of sp³-hybridized carbons (Fsp3) is 0.304. The van der Waals surface area contributed by atoms with Crippen LogP contribution in [0.1, 0.15) is 34.0 Å². The summed E-state index contributed by atoms with van der Waals surface area (Å²) in [5.41, 5.74) is 4.39. The van der Waals surface area contributed by atoms with Gasteiger partial charge in [-0.05, 0) is 42.7 Å². The van der Waals surface area contributed by atoms with Crippen LogP contribution in [-0.4, -0.2) is 34.3 Å². The lowest BCUT2D eigenvalue weighted by atomic mass is 10.1. The van der Waals surface area contributed by atoms with Crippen molar-refractivity contribution < 1.29 is 9.59 Å². The summed E-state index contributed by atoms with van der Waals surface area (Å²) in [6, 6.07) is 16.2. The Kier molecular flexibility index (Phi) is 6.67. The Labute approximate surface area is 190 Å². The largest absolute Gasteiger partial charge is 0.312 e. The molecule has 31 heavy (non-hydrogen) atoms. The summed E-state index contributed by atoms with van der Waals surface area (Å²) in [4.78, 5) is 26.7. The molecule has 2 aromatic carbocycles. The molecule has 2 heterocycles. The maximum absolute atomic E-state index is 12.6. The molecule has 0 unspecified atom stereocenters. The van der Waals surface area contributed by atoms with Crippen LogP contribution in [0.5, 0.6) is 0 Å². The minimum atomic E-state index is -0.0945. The standard InChI is InChI=1S/C23H24N4O2S2/c1-15-8-16(2)10-19(9-15)27-12-18(11-21(27)29)22-25-26-23(31-22)24-20(28)14-30-13-17-6-4-3-5-7-17/h3-10,18H,11-14H2,1-2H3,(H,24,26,28)/t18-/m0/s1. The Bertz CT molecular complexity index is 1060. The van der Waals surface area contributed by atoms with Gasteiger partial charge in [0.15, 0.2) is 0 Å². The average molecular weight is 453 g/mol. The molecular weight excluding hydrogens is 428 g/mol. The van der Waals surface area contributed by atoms with Crippen molar-refractivity contribution in [1.82, 2.24) is 10.2 Å². The van der Waals surface area contributed by atoms with Gasteiger partial charge >= 0.3 is 0 Å². The summed E-state index contributed by atoms with van der Waals surface area (Å²) in [6.45, 7) is 4.65. The van der Waals surface area contributed by atoms with Gasteiger partial charge in [-0.1, -0.05) is 47.7 Å². The molecule has 0 saturated carbocycles. The molecule has 2 amide bonds. The van der Waals surface area contributed by atoms with Crippen molar-refractivity contribution in [2.45, 2.75) is 31.9 Å². The van der Waals surface area contributed by atoms with Gasteiger partial charge in [-0.2, -0.15) is 0 Å². The maximum atomic E-state index is 12.6. The van der Waals surface area contributed by atoms with Crippen LogP contribution >= 0.6 is 23.1 Å². The fourth-order valence-electron chi connectivity index (χ4n) is 3.67. The molecule has 1 aliphatic rings. The topological polar surface area (TPSA) is 75.2 Å². The second-order valence-electron chi connectivity index (χ2n) is 7.72. The first-order valence-electron chi connectivity index (χ1n) is 10.1. The summed E-state index contributed by atoms with van der Waals surface area (Å²) in [7, 11) is 0. The van der Waals surface area contributed by atoms with Crippen LogP contribution < -0.4 is 10.2 Å². The van der Waals surface area contributed by atoms with E-state index in [1.54, 1.807) is 11.8 Å². The Morgan fingerprint density at radius 3 is 2.65 bits per heavy atom. The fourth-order valence-corrected chi connectivity index (χ4v) is 5.31. The summed E-state index contributed by atoms with van der Waals surface area (Å²) in [5, 5.41) is 12.5. The number of benzene rings is 2. The van der Waals surface area contributed by atoms with Crippen molar-refractivity contribution >= 4 is 45.7 Å². The predicted octanol–water partition coefficient (Wildman–Crippen LogP) is 4.55. The second kappa shape index (κ2) is 9.62. The van der Waals surface area contributed by atoms with Crippen molar-refractivity contribution in [2.75, 3.05) is 22.5 Å². The van der Waals surface area contributed by atoms with Crippen LogP contribution in [0.25, 0.3) is 0 Å². The molecule has 6 nitrogen and oxygen atoms in total. The highest BCUT2D eigenvalue weighted by atomic mass is 32.2. The van der Waals surface area contributed by atoms with Crippen LogP contribution in [0, 0.1) is 13.8 Å². The zero-order valence-electron chi connectivity index (χ0n) is 17.5. The molecule has 1 fully saturated rings. The lowest BCUT2D eigenvalue weighted by molar-refractivity contribution is -0.117. The number of hydrogen-bond acceptors (Lipinski definition) is 6. The first-order chi connectivity index (χ1) is 15.0. The second-order valence-corrected chi connectivity index (χ2v) is 9.72. The van der Waals surface area contributed by atoms with E-state index in [4.69, 9.17) is 0 Å². The Morgan fingerprint density at radius 1 is 1.16 bits per heavy atom. The molecule has 0 bridgehead atoms. The Morgan fingerprint density at radius 2 is 1.90 bits per heavy atom. The first kappa shape index (κ1) is 21.5. The lowest BCUT2D eigenvalue weighted by Crippen LogP contribution is -2.24. The van der Waals surface area contributed by atoms with Gasteiger partial charge in [0.05, 0.1) is 5.75 Å². The summed E-state index contributed by atoms with van der Waals surface area (Å²) in [6.07, 6.45) is 0.405. The number of anilines is 2. The minimum absolute atomic E-state index is 0.0103. The first-order valence-corrected chi connectivity index (χ1v) is 12.1. The molecule has 1 aliphatic heterocycles. The number of nitrogens with zero attached hydrogens (tertiary/aromatic N) is 3. The van der Waals surface area contributed by atoms with Crippen molar-refractivity contribution in [3.8, 4) is 0 Å². The highest BCUT2D eigenvalue weighted by Crippen LogP contribution is 2.34. The monoisotopic (exact) mass is 452 g/mol. The lowest BCUT2D eigenvalue weighted by Gasteiger charge is -2.17. The van der Waals surface area contributed by atoms with E-state index in [2.05, 4.69) is 21.6 Å². The van der Waals surface area contributed by atoms with Crippen molar-refractivity contribution in [1.29, 1.82) is 0 Å². The Hall–Kier alpha value is -2.71. The van der Waals surface area contributed by atoms with Gasteiger partial charge in [-0.15, -0.1) is 22.0 Å². The van der Waals surface area contributed by atoms with Gasteiger partial charge < -0.3 is 4.90 Å². The molecule has 4 rings (SSSR count). The Balaban J connectivity index is 1.32. The molecule has 0 aliphatic carbocycles. The molecule has 0 radical (unpaired) electrons. The SMILES string of the molecule is Cc1cc(C)cc(N2C[C@@H](c3nnc(NC(=O)CSCc4ccccc4)s3)CC2=O)c1. The quantitative estimate of drug-likeness (QED) is 0.569. The summed E-state index contributed by atoms with van der Waals surface area (Å²) < 4.78 is 0. The van der Waals surface area contributed by atoms with Crippen molar-refractivity contribution in [2.24, 2.45) is 0 Å². The maximum Gasteiger partial charge on any atom is 0.236 e. The molecule has 3 aromatic rings. The number of nitrogens with one attached hydrogen (secondary N) is 1. The molecular formula is C23H24N4O2S2. The third kappa shape index (κ3) is 5.51. The molecule has 8 heteroatoms. The van der Waals surface area contributed by atoms with Gasteiger partial charge in [0.1, 0.15) is 5.01 Å². The van der Waals surface area contributed by atoms with E-state index in [9.17, 15) is 9.59 Å². The van der Waals surface area contributed by atoms with Crippen molar-refractivity contribution in [3.05, 3.63) is 70.2 Å². The number of aromatic nitrogens is 2. The normalized spacial score (nSPS) is 16.0. The van der Waals surface area contributed by atoms with E-state index in [1.165, 1.54) is 16.9 Å². The minimum Gasteiger partial charge on any atom is -0.312 e. The van der Waals surface area contributed by atoms with E-state index in [0.717, 1.165) is 27.6 Å². The number of thioether (sulfide) groups is 1. The third-order valence-electron chi connectivity index (χ3n) is 5.02. The summed E-state index contributed by atoms with van der Waals surface area (Å²) in [5.74, 6) is 1.13. The highest BCUT2D eigenvalue weighted by Gasteiger charge is 2.34. The number of carbonyl (C=O) groups excluding carboxylic acids is 2. The van der Waals surface area contributed by atoms with Crippen LogP contribution in [0.4, 0.5) is 10.8 Å². The number of carbonyl (C=O) groups is 2. The van der Waals surface area contributed by atoms with Crippen LogP contribution in [0.3, 0.4) is 0 Å². The zero-order chi connectivity index (χ0) is 21.8. The van der Waals surface area contributed by atoms with Gasteiger partial charge in [0, 0.05) is 30.3 Å². The third-order valence-corrected chi connectivity index (χ3v) is 7.03. The number of rotatable bonds is 7. The summed E-state index contributed by atoms with van der Waals surface area (Å²) >= 11 is 2.91. The van der Waals surface area contributed by atoms with E-state index < -0.39 is 0 Å². The molecule has 0 spiro atoms. The van der Waals surface area contributed by atoms with Crippen LogP contribution in [0.15, 0.2) is 48.5 Å². The molecule has 1 atom stereocenters. The molecule has 1 saturated heterocycles. The molecule has 1 aromatic heterocycles. The average Bonchev–Trinajstić information content (AvgIpc) is 3.34. The smallest absolute Gasteiger partial charge is 0.236 e. The predicted molar refractivity (Wildman–Crippen MR) is 127 cm³/mol. The van der Waals surface area contributed by atoms with Crippen LogP contribution in [0.2, 0.25) is 0 Å². The van der Waals surface area contributed by atoms with Gasteiger partial charge in [0.2, 0.25) is 16.9 Å². The van der Waals surface area contributed by atoms with E-state index >= 15 is 0 Å². The van der Waals surface area contributed by atoms with E-state index in [0.29, 0.717) is 23.8 Å². The van der Waals surface area contributed by atoms with Gasteiger partial charge in [0.25, 0.3) is 0 Å². The number of hydrogen-bond donors (Lipinski definition) is 1. The van der Waals surface area contributed by atoms with Crippen molar-refractivity contribution in [3.63, 3.8) is 0 Å². The van der Waals surface area contributed by atoms with E-state index in [-0.39, 0.29) is 17.7 Å². The van der Waals surface area contributed by atoms with Gasteiger partial charge in [-0.25, -0.2) is 0 Å². The van der Waals surface area contributed by atoms with Crippen LogP contribution in [-0.2, 0) is 15.3 Å². The van der Waals surface area contributed by atoms with E-state index in [1.807, 2.05) is 61.2 Å².